The maximum absolute atomic E-state index is 13.6. The minimum Gasteiger partial charge on any atom is -0.487 e. The Kier molecular flexibility index (Phi) is 9.96. The van der Waals surface area contributed by atoms with Gasteiger partial charge < -0.3 is 25.3 Å². The third-order valence-corrected chi connectivity index (χ3v) is 8.83. The number of ether oxygens (including phenoxy) is 1. The number of benzene rings is 3. The van der Waals surface area contributed by atoms with Crippen LogP contribution in [0, 0.1) is 19.7 Å². The van der Waals surface area contributed by atoms with Crippen LogP contribution in [0.5, 0.6) is 5.75 Å². The van der Waals surface area contributed by atoms with E-state index in [0.717, 1.165) is 11.1 Å². The van der Waals surface area contributed by atoms with Crippen molar-refractivity contribution in [2.75, 3.05) is 17.2 Å². The topological polar surface area (TPSA) is 110 Å². The number of nitrogens with one attached hydrogen (secondary N) is 3. The lowest BCUT2D eigenvalue weighted by molar-refractivity contribution is 0.0804. The highest BCUT2D eigenvalue weighted by molar-refractivity contribution is 7.13. The zero-order valence-corrected chi connectivity index (χ0v) is 27.4. The lowest BCUT2D eigenvalue weighted by Crippen LogP contribution is -2.22. The van der Waals surface area contributed by atoms with Gasteiger partial charge >= 0.3 is 0 Å². The van der Waals surface area contributed by atoms with Crippen LogP contribution in [-0.2, 0) is 13.6 Å². The van der Waals surface area contributed by atoms with Crippen LogP contribution in [-0.4, -0.2) is 39.4 Å². The van der Waals surface area contributed by atoms with E-state index in [0.29, 0.717) is 32.9 Å². The van der Waals surface area contributed by atoms with Gasteiger partial charge in [-0.2, -0.15) is 0 Å². The summed E-state index contributed by atoms with van der Waals surface area (Å²) in [5.74, 6) is -1.57. The van der Waals surface area contributed by atoms with Crippen LogP contribution in [0.15, 0.2) is 42.5 Å². The standard InChI is InChI=1S/C30H24Cl3F3N6O3S/c1-13-27(46-14(2)38-13)29(44)37-11-15-4-6-18(31)26(25(15)33)41-30-40-21-9-17(23(45-12-24(35)36)10-22(21)42(30)3)28(43)39-16-5-7-20(34)19(32)8-16/h4-10,24H,11-12H2,1-3H3,(H,37,44)(H,39,43)(H,40,41). The second kappa shape index (κ2) is 13.8. The van der Waals surface area contributed by atoms with Crippen LogP contribution in [0.4, 0.5) is 30.5 Å². The summed E-state index contributed by atoms with van der Waals surface area (Å²) in [5, 5.41) is 9.56. The van der Waals surface area contributed by atoms with Crippen LogP contribution in [0.1, 0.15) is 36.3 Å². The first-order chi connectivity index (χ1) is 21.8. The van der Waals surface area contributed by atoms with Crippen molar-refractivity contribution in [3.05, 3.63) is 90.1 Å². The molecule has 2 amide bonds. The number of aromatic nitrogens is 3. The molecule has 0 bridgehead atoms. The molecule has 5 rings (SSSR count). The molecule has 0 aliphatic carbocycles. The Morgan fingerprint density at radius 3 is 2.46 bits per heavy atom. The summed E-state index contributed by atoms with van der Waals surface area (Å²) in [4.78, 5) is 35.3. The van der Waals surface area contributed by atoms with Gasteiger partial charge in [0, 0.05) is 25.3 Å². The molecular weight excluding hydrogens is 688 g/mol. The van der Waals surface area contributed by atoms with E-state index >= 15 is 0 Å². The number of halogens is 6. The van der Waals surface area contributed by atoms with Crippen molar-refractivity contribution in [2.45, 2.75) is 26.8 Å². The molecule has 0 radical (unpaired) electrons. The summed E-state index contributed by atoms with van der Waals surface area (Å²) in [5.41, 5.74) is 2.33. The number of carbonyl (C=O) groups excluding carboxylic acids is 2. The third kappa shape index (κ3) is 7.17. The van der Waals surface area contributed by atoms with E-state index in [1.165, 1.54) is 35.6 Å². The first-order valence-corrected chi connectivity index (χ1v) is 15.4. The van der Waals surface area contributed by atoms with Gasteiger partial charge in [0.15, 0.2) is 0 Å². The molecule has 0 saturated heterocycles. The maximum Gasteiger partial charge on any atom is 0.272 e. The Balaban J connectivity index is 1.44. The van der Waals surface area contributed by atoms with E-state index in [4.69, 9.17) is 39.5 Å². The molecule has 16 heteroatoms. The van der Waals surface area contributed by atoms with Gasteiger partial charge in [-0.15, -0.1) is 11.3 Å². The van der Waals surface area contributed by atoms with Crippen LogP contribution in [0.3, 0.4) is 0 Å². The molecule has 0 atom stereocenters. The molecule has 2 heterocycles. The lowest BCUT2D eigenvalue weighted by atomic mass is 10.1. The molecule has 2 aromatic heterocycles. The van der Waals surface area contributed by atoms with Crippen LogP contribution >= 0.6 is 46.1 Å². The van der Waals surface area contributed by atoms with Gasteiger partial charge in [0.05, 0.1) is 48.1 Å². The fraction of sp³-hybridized carbons (Fsp3) is 0.200. The molecule has 9 nitrogen and oxygen atoms in total. The molecule has 0 unspecified atom stereocenters. The molecule has 0 spiro atoms. The molecule has 0 aliphatic rings. The van der Waals surface area contributed by atoms with Gasteiger partial charge in [0.25, 0.3) is 18.2 Å². The van der Waals surface area contributed by atoms with Gasteiger partial charge in [0.1, 0.15) is 23.1 Å². The number of anilines is 3. The fourth-order valence-electron chi connectivity index (χ4n) is 4.51. The van der Waals surface area contributed by atoms with Crippen LogP contribution < -0.4 is 20.7 Å². The quantitative estimate of drug-likeness (QED) is 0.134. The van der Waals surface area contributed by atoms with E-state index in [9.17, 15) is 22.8 Å². The fourth-order valence-corrected chi connectivity index (χ4v) is 6.06. The summed E-state index contributed by atoms with van der Waals surface area (Å²) in [7, 11) is 1.65. The van der Waals surface area contributed by atoms with Crippen molar-refractivity contribution in [1.29, 1.82) is 0 Å². The smallest absolute Gasteiger partial charge is 0.272 e. The Labute approximate surface area is 279 Å². The molecule has 0 fully saturated rings. The highest BCUT2D eigenvalue weighted by atomic mass is 35.5. The van der Waals surface area contributed by atoms with E-state index in [-0.39, 0.29) is 50.5 Å². The Morgan fingerprint density at radius 1 is 1.02 bits per heavy atom. The number of amides is 2. The third-order valence-electron chi connectivity index (χ3n) is 6.73. The van der Waals surface area contributed by atoms with Crippen molar-refractivity contribution in [2.24, 2.45) is 7.05 Å². The molecular formula is C30H24Cl3F3N6O3S. The predicted octanol–water partition coefficient (Wildman–Crippen LogP) is 8.32. The number of hydrogen-bond acceptors (Lipinski definition) is 7. The summed E-state index contributed by atoms with van der Waals surface area (Å²) < 4.78 is 46.7. The zero-order chi connectivity index (χ0) is 33.3. The van der Waals surface area contributed by atoms with Gasteiger partial charge in [-0.3, -0.25) is 9.59 Å². The number of carbonyl (C=O) groups is 2. The number of fused-ring (bicyclic) bond motifs is 1. The molecule has 240 valence electrons. The van der Waals surface area contributed by atoms with Gasteiger partial charge in [-0.05, 0) is 49.7 Å². The molecule has 3 N–H and O–H groups in total. The second-order valence-electron chi connectivity index (χ2n) is 9.97. The number of alkyl halides is 2. The Bertz CT molecular complexity index is 1980. The maximum atomic E-state index is 13.6. The average Bonchev–Trinajstić information content (AvgIpc) is 3.51. The van der Waals surface area contributed by atoms with E-state index in [2.05, 4.69) is 25.9 Å². The van der Waals surface area contributed by atoms with Crippen molar-refractivity contribution in [3.8, 4) is 5.75 Å². The molecule has 3 aromatic carbocycles. The minimum atomic E-state index is -2.80. The Hall–Kier alpha value is -4.04. The SMILES string of the molecule is Cc1nc(C)c(C(=O)NCc2ccc(Cl)c(Nc3nc4cc(C(=O)Nc5ccc(F)c(Cl)c5)c(OCC(F)F)cc4n3C)c2Cl)s1. The minimum absolute atomic E-state index is 0.0987. The summed E-state index contributed by atoms with van der Waals surface area (Å²) in [6.07, 6.45) is -2.80. The summed E-state index contributed by atoms with van der Waals surface area (Å²) in [6, 6.07) is 9.66. The van der Waals surface area contributed by atoms with Crippen molar-refractivity contribution in [3.63, 3.8) is 0 Å². The number of rotatable bonds is 10. The normalized spacial score (nSPS) is 11.3. The van der Waals surface area contributed by atoms with E-state index < -0.39 is 24.8 Å². The molecule has 5 aromatic rings. The van der Waals surface area contributed by atoms with Crippen molar-refractivity contribution < 1.29 is 27.5 Å². The second-order valence-corrected chi connectivity index (χ2v) is 12.4. The number of aryl methyl sites for hydroxylation is 3. The zero-order valence-electron chi connectivity index (χ0n) is 24.3. The average molecular weight is 712 g/mol. The number of nitrogens with zero attached hydrogens (tertiary/aromatic N) is 3. The van der Waals surface area contributed by atoms with Gasteiger partial charge in [-0.1, -0.05) is 40.9 Å². The number of hydrogen-bond donors (Lipinski definition) is 3. The lowest BCUT2D eigenvalue weighted by Gasteiger charge is -2.14. The molecule has 0 saturated carbocycles. The Morgan fingerprint density at radius 2 is 1.78 bits per heavy atom. The number of imidazole rings is 1. The van der Waals surface area contributed by atoms with Crippen molar-refractivity contribution >= 4 is 86.3 Å². The largest absolute Gasteiger partial charge is 0.487 e. The van der Waals surface area contributed by atoms with Gasteiger partial charge in [-0.25, -0.2) is 23.1 Å². The molecule has 46 heavy (non-hydrogen) atoms. The van der Waals surface area contributed by atoms with Crippen LogP contribution in [0.25, 0.3) is 11.0 Å². The monoisotopic (exact) mass is 710 g/mol. The highest BCUT2D eigenvalue weighted by Crippen LogP contribution is 2.37. The predicted molar refractivity (Wildman–Crippen MR) is 174 cm³/mol. The molecule has 0 aliphatic heterocycles. The number of thiazole rings is 1. The van der Waals surface area contributed by atoms with Crippen LogP contribution in [0.2, 0.25) is 15.1 Å². The highest BCUT2D eigenvalue weighted by Gasteiger charge is 2.22. The van der Waals surface area contributed by atoms with E-state index in [1.807, 2.05) is 6.92 Å². The van der Waals surface area contributed by atoms with Crippen molar-refractivity contribution in [1.82, 2.24) is 19.9 Å². The summed E-state index contributed by atoms with van der Waals surface area (Å²) in [6.45, 7) is 2.72. The van der Waals surface area contributed by atoms with E-state index in [1.54, 1.807) is 30.7 Å². The first kappa shape index (κ1) is 33.3. The first-order valence-electron chi connectivity index (χ1n) is 13.5. The van der Waals surface area contributed by atoms with Gasteiger partial charge in [0.2, 0.25) is 5.95 Å². The summed E-state index contributed by atoms with van der Waals surface area (Å²) >= 11 is 20.3.